The fourth-order valence-electron chi connectivity index (χ4n) is 2.42. The summed E-state index contributed by atoms with van der Waals surface area (Å²) in [5.41, 5.74) is 1.78. The first kappa shape index (κ1) is 18.0. The summed E-state index contributed by atoms with van der Waals surface area (Å²) in [6.07, 6.45) is 0.556. The summed E-state index contributed by atoms with van der Waals surface area (Å²) < 4.78 is 5.37. The second-order valence-electron chi connectivity index (χ2n) is 5.36. The Bertz CT molecular complexity index is 614. The molecule has 2 rings (SSSR count). The van der Waals surface area contributed by atoms with Gasteiger partial charge in [0.25, 0.3) is 0 Å². The zero-order chi connectivity index (χ0) is 17.2. The van der Waals surface area contributed by atoms with Gasteiger partial charge in [0.1, 0.15) is 5.75 Å². The van der Waals surface area contributed by atoms with E-state index >= 15 is 0 Å². The number of carbonyl (C=O) groups excluding carboxylic acids is 1. The number of benzene rings is 2. The van der Waals surface area contributed by atoms with Crippen molar-refractivity contribution < 1.29 is 14.6 Å². The fraction of sp³-hybridized carbons (Fsp3) is 0.316. The summed E-state index contributed by atoms with van der Waals surface area (Å²) >= 11 is 0. The molecule has 0 aliphatic heterocycles. The Hall–Kier alpha value is -2.37. The molecule has 5 heteroatoms. The topological polar surface area (TPSA) is 70.6 Å². The first-order valence-corrected chi connectivity index (χ1v) is 8.15. The number of nitrogens with one attached hydrogen (secondary N) is 2. The van der Waals surface area contributed by atoms with Crippen molar-refractivity contribution in [3.63, 3.8) is 0 Å². The lowest BCUT2D eigenvalue weighted by Crippen LogP contribution is -2.31. The lowest BCUT2D eigenvalue weighted by Gasteiger charge is -2.18. The van der Waals surface area contributed by atoms with E-state index in [0.29, 0.717) is 13.0 Å². The van der Waals surface area contributed by atoms with Crippen LogP contribution in [0.3, 0.4) is 0 Å². The smallest absolute Gasteiger partial charge is 0.238 e. The van der Waals surface area contributed by atoms with Crippen LogP contribution in [-0.2, 0) is 4.79 Å². The summed E-state index contributed by atoms with van der Waals surface area (Å²) in [4.78, 5) is 12.1. The molecule has 1 unspecified atom stereocenters. The Morgan fingerprint density at radius 2 is 1.83 bits per heavy atom. The molecule has 0 radical (unpaired) electrons. The van der Waals surface area contributed by atoms with Crippen LogP contribution in [0.2, 0.25) is 0 Å². The number of rotatable bonds is 9. The SMILES string of the molecule is CCOc1ccc(NC(=O)CNC(CCO)c2ccccc2)cc1. The maximum absolute atomic E-state index is 12.1. The zero-order valence-electron chi connectivity index (χ0n) is 13.9. The first-order chi connectivity index (χ1) is 11.7. The van der Waals surface area contributed by atoms with E-state index in [4.69, 9.17) is 4.74 Å². The molecule has 0 saturated carbocycles. The van der Waals surface area contributed by atoms with Gasteiger partial charge in [-0.25, -0.2) is 0 Å². The van der Waals surface area contributed by atoms with E-state index < -0.39 is 0 Å². The van der Waals surface area contributed by atoms with Crippen molar-refractivity contribution >= 4 is 11.6 Å². The number of ether oxygens (including phenoxy) is 1. The maximum Gasteiger partial charge on any atom is 0.238 e. The monoisotopic (exact) mass is 328 g/mol. The van der Waals surface area contributed by atoms with E-state index in [9.17, 15) is 9.90 Å². The minimum absolute atomic E-state index is 0.0534. The average molecular weight is 328 g/mol. The fourth-order valence-corrected chi connectivity index (χ4v) is 2.42. The van der Waals surface area contributed by atoms with Crippen molar-refractivity contribution in [3.8, 4) is 5.75 Å². The van der Waals surface area contributed by atoms with E-state index in [1.165, 1.54) is 0 Å². The molecule has 2 aromatic rings. The molecule has 1 amide bonds. The Labute approximate surface area is 142 Å². The summed E-state index contributed by atoms with van der Waals surface area (Å²) in [6.45, 7) is 2.78. The lowest BCUT2D eigenvalue weighted by molar-refractivity contribution is -0.115. The Kier molecular flexibility index (Phi) is 7.26. The quantitative estimate of drug-likeness (QED) is 0.662. The molecular formula is C19H24N2O3. The van der Waals surface area contributed by atoms with E-state index in [-0.39, 0.29) is 25.1 Å². The van der Waals surface area contributed by atoms with Gasteiger partial charge >= 0.3 is 0 Å². The van der Waals surface area contributed by atoms with Crippen LogP contribution in [0.1, 0.15) is 24.9 Å². The highest BCUT2D eigenvalue weighted by molar-refractivity contribution is 5.92. The highest BCUT2D eigenvalue weighted by atomic mass is 16.5. The van der Waals surface area contributed by atoms with Gasteiger partial charge in [0.05, 0.1) is 13.2 Å². The maximum atomic E-state index is 12.1. The van der Waals surface area contributed by atoms with Gasteiger partial charge in [-0.15, -0.1) is 0 Å². The van der Waals surface area contributed by atoms with Crippen LogP contribution >= 0.6 is 0 Å². The minimum atomic E-state index is -0.127. The Balaban J connectivity index is 1.86. The highest BCUT2D eigenvalue weighted by Gasteiger charge is 2.12. The van der Waals surface area contributed by atoms with Gasteiger partial charge < -0.3 is 20.5 Å². The molecule has 5 nitrogen and oxygen atoms in total. The van der Waals surface area contributed by atoms with Crippen molar-refractivity contribution in [1.82, 2.24) is 5.32 Å². The van der Waals surface area contributed by atoms with Crippen LogP contribution in [0.5, 0.6) is 5.75 Å². The lowest BCUT2D eigenvalue weighted by atomic mass is 10.0. The van der Waals surface area contributed by atoms with E-state index in [0.717, 1.165) is 17.0 Å². The predicted molar refractivity (Wildman–Crippen MR) is 95.1 cm³/mol. The number of amides is 1. The molecule has 128 valence electrons. The van der Waals surface area contributed by atoms with Crippen molar-refractivity contribution in [1.29, 1.82) is 0 Å². The molecular weight excluding hydrogens is 304 g/mol. The number of hydrogen-bond acceptors (Lipinski definition) is 4. The van der Waals surface area contributed by atoms with Crippen LogP contribution in [0.15, 0.2) is 54.6 Å². The molecule has 2 aromatic carbocycles. The van der Waals surface area contributed by atoms with Crippen LogP contribution in [0.4, 0.5) is 5.69 Å². The van der Waals surface area contributed by atoms with Gasteiger partial charge in [-0.2, -0.15) is 0 Å². The Morgan fingerprint density at radius 3 is 2.46 bits per heavy atom. The number of carbonyl (C=O) groups is 1. The van der Waals surface area contributed by atoms with Gasteiger partial charge in [0, 0.05) is 18.3 Å². The molecule has 0 aliphatic carbocycles. The second-order valence-corrected chi connectivity index (χ2v) is 5.36. The molecule has 0 spiro atoms. The molecule has 3 N–H and O–H groups in total. The van der Waals surface area contributed by atoms with Crippen molar-refractivity contribution in [2.24, 2.45) is 0 Å². The number of aliphatic hydroxyl groups is 1. The van der Waals surface area contributed by atoms with Crippen LogP contribution < -0.4 is 15.4 Å². The van der Waals surface area contributed by atoms with Gasteiger partial charge in [-0.05, 0) is 43.2 Å². The molecule has 0 fully saturated rings. The van der Waals surface area contributed by atoms with E-state index in [2.05, 4.69) is 10.6 Å². The third kappa shape index (κ3) is 5.68. The van der Waals surface area contributed by atoms with Gasteiger partial charge in [-0.3, -0.25) is 4.79 Å². The Morgan fingerprint density at radius 1 is 1.12 bits per heavy atom. The normalized spacial score (nSPS) is 11.8. The number of hydrogen-bond donors (Lipinski definition) is 3. The molecule has 0 aromatic heterocycles. The molecule has 0 bridgehead atoms. The van der Waals surface area contributed by atoms with Gasteiger partial charge in [-0.1, -0.05) is 30.3 Å². The van der Waals surface area contributed by atoms with Crippen molar-refractivity contribution in [2.45, 2.75) is 19.4 Å². The zero-order valence-corrected chi connectivity index (χ0v) is 13.9. The van der Waals surface area contributed by atoms with E-state index in [1.807, 2.05) is 61.5 Å². The van der Waals surface area contributed by atoms with Gasteiger partial charge in [0.2, 0.25) is 5.91 Å². The third-order valence-electron chi connectivity index (χ3n) is 3.58. The predicted octanol–water partition coefficient (Wildman–Crippen LogP) is 2.74. The number of anilines is 1. The molecule has 0 aliphatic rings. The minimum Gasteiger partial charge on any atom is -0.494 e. The average Bonchev–Trinajstić information content (AvgIpc) is 2.61. The first-order valence-electron chi connectivity index (χ1n) is 8.15. The highest BCUT2D eigenvalue weighted by Crippen LogP contribution is 2.17. The van der Waals surface area contributed by atoms with Crippen molar-refractivity contribution in [2.75, 3.05) is 25.1 Å². The molecule has 1 atom stereocenters. The standard InChI is InChI=1S/C19H24N2O3/c1-2-24-17-10-8-16(9-11-17)21-19(23)14-20-18(12-13-22)15-6-4-3-5-7-15/h3-11,18,20,22H,2,12-14H2,1H3,(H,21,23). The van der Waals surface area contributed by atoms with Crippen LogP contribution in [0, 0.1) is 0 Å². The summed E-state index contributed by atoms with van der Waals surface area (Å²) in [5, 5.41) is 15.2. The summed E-state index contributed by atoms with van der Waals surface area (Å²) in [6, 6.07) is 17.0. The second kappa shape index (κ2) is 9.70. The summed E-state index contributed by atoms with van der Waals surface area (Å²) in [7, 11) is 0. The van der Waals surface area contributed by atoms with Crippen molar-refractivity contribution in [3.05, 3.63) is 60.2 Å². The largest absolute Gasteiger partial charge is 0.494 e. The van der Waals surface area contributed by atoms with Gasteiger partial charge in [0.15, 0.2) is 0 Å². The molecule has 24 heavy (non-hydrogen) atoms. The summed E-state index contributed by atoms with van der Waals surface area (Å²) in [5.74, 6) is 0.652. The van der Waals surface area contributed by atoms with E-state index in [1.54, 1.807) is 0 Å². The molecule has 0 heterocycles. The number of aliphatic hydroxyl groups excluding tert-OH is 1. The third-order valence-corrected chi connectivity index (χ3v) is 3.58. The molecule has 0 saturated heterocycles. The van der Waals surface area contributed by atoms with Crippen LogP contribution in [0.25, 0.3) is 0 Å². The van der Waals surface area contributed by atoms with Crippen LogP contribution in [-0.4, -0.2) is 30.8 Å².